The summed E-state index contributed by atoms with van der Waals surface area (Å²) in [6.45, 7) is 0.0428. The SMILES string of the molecule is COc1ccc(C(OC[C@H]2O[C@@H](c3cnc(N=CN(C)C)[nH]c3=O)C[C@@H]2O)(c2ccccc2)c2ccc(OC)cc2)cc1. The van der Waals surface area contributed by atoms with Gasteiger partial charge in [-0.1, -0.05) is 54.6 Å². The van der Waals surface area contributed by atoms with E-state index in [1.807, 2.05) is 93.0 Å². The number of nitrogens with one attached hydrogen (secondary N) is 1. The first-order valence-electron chi connectivity index (χ1n) is 14.0. The molecule has 0 aliphatic carbocycles. The number of rotatable bonds is 11. The van der Waals surface area contributed by atoms with E-state index in [0.717, 1.165) is 28.2 Å². The first-order valence-corrected chi connectivity index (χ1v) is 14.0. The number of ether oxygens (including phenoxy) is 4. The van der Waals surface area contributed by atoms with E-state index >= 15 is 0 Å². The Morgan fingerprint density at radius 2 is 1.56 bits per heavy atom. The second-order valence-electron chi connectivity index (χ2n) is 10.5. The molecular formula is C33H36N4O6. The van der Waals surface area contributed by atoms with E-state index in [2.05, 4.69) is 15.0 Å². The summed E-state index contributed by atoms with van der Waals surface area (Å²) < 4.78 is 24.0. The number of hydrogen-bond donors (Lipinski definition) is 2. The van der Waals surface area contributed by atoms with Crippen LogP contribution < -0.4 is 15.0 Å². The zero-order chi connectivity index (χ0) is 30.4. The molecule has 1 aliphatic heterocycles. The number of hydrogen-bond acceptors (Lipinski definition) is 8. The third-order valence-corrected chi connectivity index (χ3v) is 7.43. The molecule has 5 rings (SSSR count). The van der Waals surface area contributed by atoms with E-state index < -0.39 is 23.9 Å². The van der Waals surface area contributed by atoms with Crippen LogP contribution in [0.5, 0.6) is 11.5 Å². The molecular weight excluding hydrogens is 548 g/mol. The van der Waals surface area contributed by atoms with Crippen LogP contribution in [0.25, 0.3) is 0 Å². The largest absolute Gasteiger partial charge is 0.497 e. The standard InChI is InChI=1S/C33H36N4O6/c1-37(2)21-35-32-34-19-27(31(39)36-32)29-18-28(38)30(43-29)20-42-33(22-8-6-5-7-9-22,23-10-14-25(40-3)15-11-23)24-12-16-26(41-4)17-13-24/h5-17,19,21,28-30,38H,18,20H2,1-4H3,(H,34,36,39)/t28-,29+,30+/m0/s1. The normalized spacial score (nSPS) is 18.6. The number of H-pyrrole nitrogens is 1. The fourth-order valence-electron chi connectivity index (χ4n) is 5.22. The molecule has 224 valence electrons. The maximum Gasteiger partial charge on any atom is 0.258 e. The van der Waals surface area contributed by atoms with Crippen LogP contribution in [0.15, 0.2) is 94.8 Å². The highest BCUT2D eigenvalue weighted by molar-refractivity contribution is 5.57. The third-order valence-electron chi connectivity index (χ3n) is 7.43. The highest BCUT2D eigenvalue weighted by Crippen LogP contribution is 2.43. The molecule has 2 heterocycles. The summed E-state index contributed by atoms with van der Waals surface area (Å²) in [6, 6.07) is 25.3. The topological polar surface area (TPSA) is 118 Å². The summed E-state index contributed by atoms with van der Waals surface area (Å²) in [4.78, 5) is 25.7. The van der Waals surface area contributed by atoms with Crippen molar-refractivity contribution in [3.63, 3.8) is 0 Å². The Morgan fingerprint density at radius 1 is 0.977 bits per heavy atom. The number of aromatic nitrogens is 2. The Labute approximate surface area is 250 Å². The molecule has 4 aromatic rings. The van der Waals surface area contributed by atoms with Gasteiger partial charge in [-0.25, -0.2) is 9.98 Å². The van der Waals surface area contributed by atoms with Gasteiger partial charge in [0.25, 0.3) is 5.56 Å². The highest BCUT2D eigenvalue weighted by atomic mass is 16.6. The maximum atomic E-state index is 12.9. The van der Waals surface area contributed by atoms with E-state index in [-0.39, 0.29) is 24.5 Å². The van der Waals surface area contributed by atoms with Crippen molar-refractivity contribution in [3.8, 4) is 11.5 Å². The van der Waals surface area contributed by atoms with Crippen molar-refractivity contribution in [1.29, 1.82) is 0 Å². The molecule has 43 heavy (non-hydrogen) atoms. The summed E-state index contributed by atoms with van der Waals surface area (Å²) in [7, 11) is 6.89. The highest BCUT2D eigenvalue weighted by Gasteiger charge is 2.42. The number of aliphatic hydroxyl groups excluding tert-OH is 1. The van der Waals surface area contributed by atoms with Crippen molar-refractivity contribution in [2.24, 2.45) is 4.99 Å². The van der Waals surface area contributed by atoms with Crippen LogP contribution in [0.4, 0.5) is 5.95 Å². The molecule has 0 saturated carbocycles. The van der Waals surface area contributed by atoms with Gasteiger partial charge in [-0.2, -0.15) is 0 Å². The Hall–Kier alpha value is -4.51. The predicted octanol–water partition coefficient (Wildman–Crippen LogP) is 4.21. The van der Waals surface area contributed by atoms with Gasteiger partial charge in [-0.3, -0.25) is 9.78 Å². The van der Waals surface area contributed by atoms with Crippen LogP contribution in [-0.4, -0.2) is 73.4 Å². The summed E-state index contributed by atoms with van der Waals surface area (Å²) >= 11 is 0. The number of nitrogens with zero attached hydrogens (tertiary/aromatic N) is 3. The maximum absolute atomic E-state index is 12.9. The first-order chi connectivity index (χ1) is 20.8. The average Bonchev–Trinajstić information content (AvgIpc) is 3.41. The van der Waals surface area contributed by atoms with Crippen molar-refractivity contribution in [1.82, 2.24) is 14.9 Å². The summed E-state index contributed by atoms with van der Waals surface area (Å²) in [6.07, 6.45) is 1.00. The van der Waals surface area contributed by atoms with Gasteiger partial charge in [0, 0.05) is 26.7 Å². The molecule has 1 aromatic heterocycles. The summed E-state index contributed by atoms with van der Waals surface area (Å²) in [5, 5.41) is 11.1. The van der Waals surface area contributed by atoms with E-state index in [4.69, 9.17) is 18.9 Å². The predicted molar refractivity (Wildman–Crippen MR) is 163 cm³/mol. The van der Waals surface area contributed by atoms with Crippen molar-refractivity contribution in [3.05, 3.63) is 118 Å². The minimum absolute atomic E-state index is 0.0428. The van der Waals surface area contributed by atoms with Gasteiger partial charge in [0.1, 0.15) is 23.2 Å². The van der Waals surface area contributed by atoms with Gasteiger partial charge >= 0.3 is 0 Å². The van der Waals surface area contributed by atoms with Gasteiger partial charge < -0.3 is 29.0 Å². The van der Waals surface area contributed by atoms with E-state index in [1.54, 1.807) is 25.5 Å². The zero-order valence-electron chi connectivity index (χ0n) is 24.6. The lowest BCUT2D eigenvalue weighted by molar-refractivity contribution is -0.0829. The minimum atomic E-state index is -1.06. The van der Waals surface area contributed by atoms with Crippen molar-refractivity contribution < 1.29 is 24.1 Å². The average molecular weight is 585 g/mol. The molecule has 0 bridgehead atoms. The molecule has 3 atom stereocenters. The summed E-state index contributed by atoms with van der Waals surface area (Å²) in [5.74, 6) is 1.62. The Kier molecular flexibility index (Phi) is 9.20. The Morgan fingerprint density at radius 3 is 2.09 bits per heavy atom. The van der Waals surface area contributed by atoms with Crippen LogP contribution in [0, 0.1) is 0 Å². The number of benzene rings is 3. The van der Waals surface area contributed by atoms with Crippen LogP contribution in [0.1, 0.15) is 34.8 Å². The quantitative estimate of drug-likeness (QED) is 0.153. The van der Waals surface area contributed by atoms with Crippen molar-refractivity contribution in [2.45, 2.75) is 30.3 Å². The zero-order valence-corrected chi connectivity index (χ0v) is 24.6. The first kappa shape index (κ1) is 30.0. The monoisotopic (exact) mass is 584 g/mol. The van der Waals surface area contributed by atoms with Gasteiger partial charge in [0.15, 0.2) is 0 Å². The summed E-state index contributed by atoms with van der Waals surface area (Å²) in [5.41, 5.74) is 1.52. The van der Waals surface area contributed by atoms with Crippen LogP contribution in [0.2, 0.25) is 0 Å². The molecule has 1 fully saturated rings. The molecule has 3 aromatic carbocycles. The van der Waals surface area contributed by atoms with Crippen LogP contribution >= 0.6 is 0 Å². The molecule has 10 heteroatoms. The molecule has 0 radical (unpaired) electrons. The number of methoxy groups -OCH3 is 2. The van der Waals surface area contributed by atoms with Gasteiger partial charge in [0.05, 0.1) is 44.9 Å². The lowest BCUT2D eigenvalue weighted by Crippen LogP contribution is -2.38. The van der Waals surface area contributed by atoms with Crippen molar-refractivity contribution in [2.75, 3.05) is 34.9 Å². The Balaban J connectivity index is 1.47. The molecule has 10 nitrogen and oxygen atoms in total. The van der Waals surface area contributed by atoms with Crippen molar-refractivity contribution >= 4 is 12.3 Å². The molecule has 0 spiro atoms. The van der Waals surface area contributed by atoms with Crippen LogP contribution in [-0.2, 0) is 15.1 Å². The second-order valence-corrected chi connectivity index (χ2v) is 10.5. The smallest absolute Gasteiger partial charge is 0.258 e. The van der Waals surface area contributed by atoms with Crippen LogP contribution in [0.3, 0.4) is 0 Å². The Bertz CT molecular complexity index is 1520. The number of aliphatic imine (C=N–C) groups is 1. The molecule has 0 unspecified atom stereocenters. The van der Waals surface area contributed by atoms with Gasteiger partial charge in [0.2, 0.25) is 5.95 Å². The number of aromatic amines is 1. The molecule has 1 aliphatic rings. The molecule has 0 amide bonds. The second kappa shape index (κ2) is 13.2. The lowest BCUT2D eigenvalue weighted by Gasteiger charge is -2.37. The van der Waals surface area contributed by atoms with E-state index in [1.165, 1.54) is 6.20 Å². The fraction of sp³-hybridized carbons (Fsp3) is 0.303. The van der Waals surface area contributed by atoms with E-state index in [0.29, 0.717) is 5.56 Å². The molecule has 1 saturated heterocycles. The number of aliphatic hydroxyl groups is 1. The van der Waals surface area contributed by atoms with E-state index in [9.17, 15) is 9.90 Å². The van der Waals surface area contributed by atoms with Gasteiger partial charge in [-0.15, -0.1) is 0 Å². The lowest BCUT2D eigenvalue weighted by atomic mass is 9.80. The fourth-order valence-corrected chi connectivity index (χ4v) is 5.22. The molecule has 2 N–H and O–H groups in total. The third kappa shape index (κ3) is 6.46. The minimum Gasteiger partial charge on any atom is -0.497 e. The van der Waals surface area contributed by atoms with Gasteiger partial charge in [-0.05, 0) is 41.0 Å².